The molecule has 0 saturated carbocycles. The summed E-state index contributed by atoms with van der Waals surface area (Å²) in [5.74, 6) is 0.956. The van der Waals surface area contributed by atoms with Crippen LogP contribution in [-0.4, -0.2) is 6.61 Å². The molecule has 0 N–H and O–H groups in total. The van der Waals surface area contributed by atoms with E-state index in [0.29, 0.717) is 4.83 Å². The fourth-order valence-corrected chi connectivity index (χ4v) is 2.73. The van der Waals surface area contributed by atoms with Crippen LogP contribution in [-0.2, 0) is 6.42 Å². The summed E-state index contributed by atoms with van der Waals surface area (Å²) in [6, 6.07) is 17.1. The van der Waals surface area contributed by atoms with E-state index in [1.807, 2.05) is 6.07 Å². The van der Waals surface area contributed by atoms with Crippen LogP contribution >= 0.6 is 15.9 Å². The summed E-state index contributed by atoms with van der Waals surface area (Å²) in [6.07, 6.45) is 2.02. The minimum absolute atomic E-state index is 0.315. The van der Waals surface area contributed by atoms with Gasteiger partial charge in [0.25, 0.3) is 0 Å². The molecule has 2 aromatic carbocycles. The summed E-state index contributed by atoms with van der Waals surface area (Å²) in [7, 11) is 0. The van der Waals surface area contributed by atoms with Gasteiger partial charge in [0.15, 0.2) is 0 Å². The second kappa shape index (κ2) is 7.49. The van der Waals surface area contributed by atoms with Crippen LogP contribution in [0.1, 0.15) is 34.9 Å². The molecule has 0 aliphatic rings. The zero-order valence-corrected chi connectivity index (χ0v) is 13.7. The number of aryl methyl sites for hydroxylation is 1. The van der Waals surface area contributed by atoms with Crippen LogP contribution in [0.2, 0.25) is 0 Å². The number of alkyl halides is 1. The van der Waals surface area contributed by atoms with E-state index in [1.54, 1.807) is 0 Å². The molecule has 0 amide bonds. The summed E-state index contributed by atoms with van der Waals surface area (Å²) in [5.41, 5.74) is 3.91. The Morgan fingerprint density at radius 1 is 1.10 bits per heavy atom. The summed E-state index contributed by atoms with van der Waals surface area (Å²) < 4.78 is 5.69. The normalized spacial score (nSPS) is 12.2. The monoisotopic (exact) mass is 332 g/mol. The van der Waals surface area contributed by atoms with Gasteiger partial charge in [0.05, 0.1) is 6.61 Å². The molecule has 0 heterocycles. The molecule has 106 valence electrons. The van der Waals surface area contributed by atoms with Crippen molar-refractivity contribution in [3.8, 4) is 5.75 Å². The minimum atomic E-state index is 0.315. The lowest BCUT2D eigenvalue weighted by atomic mass is 10.0. The standard InChI is InChI=1S/C18H21BrO/c1-3-11-20-17-6-4-5-16(13-17)18(19)12-15-9-7-14(2)8-10-15/h4-10,13,18H,3,11-12H2,1-2H3. The van der Waals surface area contributed by atoms with Gasteiger partial charge < -0.3 is 4.74 Å². The highest BCUT2D eigenvalue weighted by Crippen LogP contribution is 2.29. The molecule has 0 aliphatic heterocycles. The Kier molecular flexibility index (Phi) is 5.66. The lowest BCUT2D eigenvalue weighted by Gasteiger charge is -2.12. The van der Waals surface area contributed by atoms with Crippen molar-refractivity contribution in [1.82, 2.24) is 0 Å². The molecule has 0 bridgehead atoms. The fourth-order valence-electron chi connectivity index (χ4n) is 2.07. The van der Waals surface area contributed by atoms with E-state index in [9.17, 15) is 0 Å². The molecule has 0 spiro atoms. The third kappa shape index (κ3) is 4.38. The second-order valence-electron chi connectivity index (χ2n) is 5.08. The predicted octanol–water partition coefficient (Wildman–Crippen LogP) is 5.46. The predicted molar refractivity (Wildman–Crippen MR) is 88.8 cm³/mol. The maximum atomic E-state index is 5.69. The zero-order valence-electron chi connectivity index (χ0n) is 12.1. The van der Waals surface area contributed by atoms with E-state index in [2.05, 4.69) is 72.2 Å². The average Bonchev–Trinajstić information content (AvgIpc) is 2.48. The van der Waals surface area contributed by atoms with Gasteiger partial charge in [-0.05, 0) is 43.0 Å². The van der Waals surface area contributed by atoms with Gasteiger partial charge in [-0.1, -0.05) is 64.8 Å². The summed E-state index contributed by atoms with van der Waals surface area (Å²) >= 11 is 3.79. The van der Waals surface area contributed by atoms with Gasteiger partial charge in [-0.2, -0.15) is 0 Å². The van der Waals surface area contributed by atoms with Crippen molar-refractivity contribution >= 4 is 15.9 Å². The highest BCUT2D eigenvalue weighted by Gasteiger charge is 2.09. The average molecular weight is 333 g/mol. The van der Waals surface area contributed by atoms with E-state index < -0.39 is 0 Å². The first-order chi connectivity index (χ1) is 9.69. The van der Waals surface area contributed by atoms with Crippen molar-refractivity contribution in [3.63, 3.8) is 0 Å². The Hall–Kier alpha value is -1.28. The molecule has 2 heteroatoms. The molecule has 2 aromatic rings. The highest BCUT2D eigenvalue weighted by molar-refractivity contribution is 9.09. The smallest absolute Gasteiger partial charge is 0.119 e. The van der Waals surface area contributed by atoms with E-state index in [4.69, 9.17) is 4.74 Å². The maximum absolute atomic E-state index is 5.69. The first-order valence-corrected chi connectivity index (χ1v) is 8.03. The number of benzene rings is 2. The fraction of sp³-hybridized carbons (Fsp3) is 0.333. The lowest BCUT2D eigenvalue weighted by molar-refractivity contribution is 0.317. The van der Waals surface area contributed by atoms with Gasteiger partial charge >= 0.3 is 0 Å². The lowest BCUT2D eigenvalue weighted by Crippen LogP contribution is -1.98. The Labute approximate surface area is 130 Å². The third-order valence-corrected chi connectivity index (χ3v) is 4.08. The third-order valence-electron chi connectivity index (χ3n) is 3.23. The first kappa shape index (κ1) is 15.1. The molecule has 0 saturated heterocycles. The van der Waals surface area contributed by atoms with Crippen LogP contribution in [0.3, 0.4) is 0 Å². The highest BCUT2D eigenvalue weighted by atomic mass is 79.9. The first-order valence-electron chi connectivity index (χ1n) is 7.11. The summed E-state index contributed by atoms with van der Waals surface area (Å²) in [5, 5.41) is 0. The molecule has 0 fully saturated rings. The van der Waals surface area contributed by atoms with Crippen molar-refractivity contribution in [1.29, 1.82) is 0 Å². The molecule has 0 radical (unpaired) electrons. The Morgan fingerprint density at radius 2 is 1.85 bits per heavy atom. The van der Waals surface area contributed by atoms with E-state index in [-0.39, 0.29) is 0 Å². The van der Waals surface area contributed by atoms with Crippen LogP contribution in [0.25, 0.3) is 0 Å². The van der Waals surface area contributed by atoms with Crippen molar-refractivity contribution in [2.45, 2.75) is 31.5 Å². The van der Waals surface area contributed by atoms with Crippen LogP contribution in [0.15, 0.2) is 48.5 Å². The molecule has 1 nitrogen and oxygen atoms in total. The van der Waals surface area contributed by atoms with Crippen LogP contribution in [0, 0.1) is 6.92 Å². The number of halogens is 1. The van der Waals surface area contributed by atoms with Gasteiger partial charge in [0.1, 0.15) is 5.75 Å². The van der Waals surface area contributed by atoms with Crippen LogP contribution < -0.4 is 4.74 Å². The van der Waals surface area contributed by atoms with Crippen LogP contribution in [0.4, 0.5) is 0 Å². The quantitative estimate of drug-likeness (QED) is 0.638. The van der Waals surface area contributed by atoms with E-state index in [1.165, 1.54) is 16.7 Å². The molecular formula is C18H21BrO. The molecule has 1 atom stereocenters. The van der Waals surface area contributed by atoms with E-state index in [0.717, 1.165) is 25.2 Å². The molecule has 2 rings (SSSR count). The van der Waals surface area contributed by atoms with Crippen molar-refractivity contribution in [3.05, 3.63) is 65.2 Å². The number of rotatable bonds is 6. The van der Waals surface area contributed by atoms with Gasteiger partial charge in [-0.3, -0.25) is 0 Å². The summed E-state index contributed by atoms with van der Waals surface area (Å²) in [6.45, 7) is 5.01. The number of ether oxygens (including phenoxy) is 1. The number of hydrogen-bond donors (Lipinski definition) is 0. The SMILES string of the molecule is CCCOc1cccc(C(Br)Cc2ccc(C)cc2)c1. The maximum Gasteiger partial charge on any atom is 0.119 e. The van der Waals surface area contributed by atoms with Crippen molar-refractivity contribution < 1.29 is 4.74 Å². The van der Waals surface area contributed by atoms with Gasteiger partial charge in [0, 0.05) is 4.83 Å². The molecule has 20 heavy (non-hydrogen) atoms. The van der Waals surface area contributed by atoms with Gasteiger partial charge in [0.2, 0.25) is 0 Å². The zero-order chi connectivity index (χ0) is 14.4. The molecule has 0 aromatic heterocycles. The summed E-state index contributed by atoms with van der Waals surface area (Å²) in [4.78, 5) is 0.315. The van der Waals surface area contributed by atoms with Gasteiger partial charge in [-0.25, -0.2) is 0 Å². The Morgan fingerprint density at radius 3 is 2.55 bits per heavy atom. The molecule has 0 aliphatic carbocycles. The Bertz CT molecular complexity index is 533. The second-order valence-corrected chi connectivity index (χ2v) is 6.18. The minimum Gasteiger partial charge on any atom is -0.494 e. The Balaban J connectivity index is 2.04. The number of hydrogen-bond acceptors (Lipinski definition) is 1. The molecule has 1 unspecified atom stereocenters. The van der Waals surface area contributed by atoms with Crippen LogP contribution in [0.5, 0.6) is 5.75 Å². The topological polar surface area (TPSA) is 9.23 Å². The van der Waals surface area contributed by atoms with E-state index >= 15 is 0 Å². The van der Waals surface area contributed by atoms with Gasteiger partial charge in [-0.15, -0.1) is 0 Å². The molecular weight excluding hydrogens is 312 g/mol. The van der Waals surface area contributed by atoms with Crippen molar-refractivity contribution in [2.24, 2.45) is 0 Å². The van der Waals surface area contributed by atoms with Crippen molar-refractivity contribution in [2.75, 3.05) is 6.61 Å². The largest absolute Gasteiger partial charge is 0.494 e.